The minimum atomic E-state index is -3.08. The van der Waals surface area contributed by atoms with E-state index in [4.69, 9.17) is 34.8 Å². The third-order valence-electron chi connectivity index (χ3n) is 5.04. The summed E-state index contributed by atoms with van der Waals surface area (Å²) in [7, 11) is 0. The Balaban J connectivity index is 1.58. The van der Waals surface area contributed by atoms with Crippen molar-refractivity contribution in [3.05, 3.63) is 68.0 Å². The first-order valence-corrected chi connectivity index (χ1v) is 11.1. The fourth-order valence-electron chi connectivity index (χ4n) is 3.52. The molecule has 0 fully saturated rings. The topological polar surface area (TPSA) is 77.6 Å². The third-order valence-corrected chi connectivity index (χ3v) is 6.02. The van der Waals surface area contributed by atoms with Gasteiger partial charge in [0.1, 0.15) is 17.3 Å². The van der Waals surface area contributed by atoms with Crippen molar-refractivity contribution in [3.8, 4) is 0 Å². The normalized spacial score (nSPS) is 11.7. The average molecular weight is 550 g/mol. The van der Waals surface area contributed by atoms with Crippen LogP contribution in [0.2, 0.25) is 15.1 Å². The van der Waals surface area contributed by atoms with Gasteiger partial charge >= 0.3 is 0 Å². The smallest absolute Gasteiger partial charge is 0.280 e. The van der Waals surface area contributed by atoms with Crippen LogP contribution in [-0.4, -0.2) is 30.5 Å². The van der Waals surface area contributed by atoms with Gasteiger partial charge in [0.05, 0.1) is 17.6 Å². The van der Waals surface area contributed by atoms with Crippen LogP contribution in [0.15, 0.2) is 30.5 Å². The lowest BCUT2D eigenvalue weighted by molar-refractivity contribution is -0.116. The van der Waals surface area contributed by atoms with Gasteiger partial charge < -0.3 is 5.32 Å². The number of alkyl halides is 4. The van der Waals surface area contributed by atoms with E-state index in [9.17, 15) is 22.4 Å². The fourth-order valence-corrected chi connectivity index (χ4v) is 4.23. The lowest BCUT2D eigenvalue weighted by Gasteiger charge is -2.08. The second kappa shape index (κ2) is 10.00. The molecule has 1 N–H and O–H groups in total. The highest BCUT2D eigenvalue weighted by Crippen LogP contribution is 2.33. The number of hydrogen-bond donors (Lipinski definition) is 1. The highest BCUT2D eigenvalue weighted by molar-refractivity contribution is 6.36. The molecule has 0 unspecified atom stereocenters. The molecule has 0 aliphatic rings. The molecule has 0 saturated heterocycles. The van der Waals surface area contributed by atoms with E-state index in [1.165, 1.54) is 17.8 Å². The second-order valence-electron chi connectivity index (χ2n) is 7.45. The second-order valence-corrected chi connectivity index (χ2v) is 8.67. The zero-order valence-corrected chi connectivity index (χ0v) is 20.0. The van der Waals surface area contributed by atoms with Gasteiger partial charge in [-0.1, -0.05) is 40.9 Å². The number of aryl methyl sites for hydroxylation is 1. The number of aromatic nitrogens is 5. The van der Waals surface area contributed by atoms with Crippen molar-refractivity contribution < 1.29 is 22.4 Å². The largest absolute Gasteiger partial charge is 0.306 e. The zero-order chi connectivity index (χ0) is 25.4. The first-order valence-electron chi connectivity index (χ1n) is 9.95. The number of fused-ring (bicyclic) bond motifs is 1. The van der Waals surface area contributed by atoms with Crippen molar-refractivity contribution in [3.63, 3.8) is 0 Å². The monoisotopic (exact) mass is 548 g/mol. The molecule has 1 amide bonds. The molecule has 0 bridgehead atoms. The van der Waals surface area contributed by atoms with E-state index in [1.807, 2.05) is 0 Å². The van der Waals surface area contributed by atoms with E-state index >= 15 is 0 Å². The fraction of sp³-hybridized carbons (Fsp3) is 0.238. The lowest BCUT2D eigenvalue weighted by atomic mass is 10.1. The van der Waals surface area contributed by atoms with E-state index in [-0.39, 0.29) is 34.1 Å². The number of benzene rings is 1. The molecule has 35 heavy (non-hydrogen) atoms. The van der Waals surface area contributed by atoms with Crippen LogP contribution in [0.1, 0.15) is 35.4 Å². The van der Waals surface area contributed by atoms with Crippen LogP contribution >= 0.6 is 34.8 Å². The predicted octanol–water partition coefficient (Wildman–Crippen LogP) is 6.46. The molecular weight excluding hydrogens is 535 g/mol. The molecule has 0 atom stereocenters. The van der Waals surface area contributed by atoms with Crippen LogP contribution in [0.4, 0.5) is 23.4 Å². The van der Waals surface area contributed by atoms with Gasteiger partial charge in [0, 0.05) is 27.4 Å². The van der Waals surface area contributed by atoms with Gasteiger partial charge in [-0.25, -0.2) is 27.2 Å². The summed E-state index contributed by atoms with van der Waals surface area (Å²) in [5.41, 5.74) is -1.00. The number of nitrogens with zero attached hydrogens (tertiary/aromatic N) is 5. The van der Waals surface area contributed by atoms with Gasteiger partial charge in [-0.3, -0.25) is 9.48 Å². The Labute approximate surface area is 210 Å². The molecule has 0 aliphatic carbocycles. The molecule has 0 radical (unpaired) electrons. The summed E-state index contributed by atoms with van der Waals surface area (Å²) < 4.78 is 55.8. The number of carbonyl (C=O) groups excluding carboxylic acids is 1. The molecular formula is C21H15Cl3F4N6O. The van der Waals surface area contributed by atoms with Gasteiger partial charge in [-0.2, -0.15) is 10.2 Å². The summed E-state index contributed by atoms with van der Waals surface area (Å²) in [4.78, 5) is 16.4. The number of rotatable bonds is 7. The summed E-state index contributed by atoms with van der Waals surface area (Å²) in [5.74, 6) is -0.664. The maximum Gasteiger partial charge on any atom is 0.280 e. The van der Waals surface area contributed by atoms with E-state index in [2.05, 4.69) is 20.5 Å². The summed E-state index contributed by atoms with van der Waals surface area (Å²) >= 11 is 18.5. The van der Waals surface area contributed by atoms with E-state index in [0.29, 0.717) is 21.7 Å². The number of carbonyl (C=O) groups is 1. The molecule has 0 aliphatic heterocycles. The Hall–Kier alpha value is -2.89. The van der Waals surface area contributed by atoms with Gasteiger partial charge in [-0.05, 0) is 25.1 Å². The third kappa shape index (κ3) is 5.21. The molecule has 0 spiro atoms. The molecule has 3 aromatic heterocycles. The lowest BCUT2D eigenvalue weighted by Crippen LogP contribution is -2.20. The molecule has 4 aromatic rings. The minimum Gasteiger partial charge on any atom is -0.306 e. The molecule has 4 rings (SSSR count). The molecule has 3 heterocycles. The number of nitrogens with one attached hydrogen (secondary N) is 1. The highest BCUT2D eigenvalue weighted by atomic mass is 35.5. The summed E-state index contributed by atoms with van der Waals surface area (Å²) in [6.07, 6.45) is -4.66. The van der Waals surface area contributed by atoms with Crippen LogP contribution in [0, 0.1) is 6.92 Å². The standard InChI is InChI=1S/C21H15Cl3F4N6O/c1-9-17-10(18(25)26)5-15(19(27)28)29-21(17)34(31-9)8-16(35)30-20-14(24)7-33(32-20)6-11-12(22)3-2-4-13(11)23/h2-5,7,18-19H,6,8H2,1H3,(H,30,32,35). The van der Waals surface area contributed by atoms with Crippen LogP contribution < -0.4 is 5.32 Å². The van der Waals surface area contributed by atoms with Gasteiger partial charge in [-0.15, -0.1) is 0 Å². The van der Waals surface area contributed by atoms with Gasteiger partial charge in [0.25, 0.3) is 12.9 Å². The number of pyridine rings is 1. The Morgan fingerprint density at radius 3 is 2.37 bits per heavy atom. The molecule has 1 aromatic carbocycles. The Bertz CT molecular complexity index is 1400. The number of anilines is 1. The highest BCUT2D eigenvalue weighted by Gasteiger charge is 2.24. The number of amides is 1. The van der Waals surface area contributed by atoms with Crippen molar-refractivity contribution in [2.24, 2.45) is 0 Å². The maximum absolute atomic E-state index is 13.5. The average Bonchev–Trinajstić information content (AvgIpc) is 3.28. The first kappa shape index (κ1) is 25.2. The van der Waals surface area contributed by atoms with Gasteiger partial charge in [0.2, 0.25) is 5.91 Å². The zero-order valence-electron chi connectivity index (χ0n) is 17.7. The number of hydrogen-bond acceptors (Lipinski definition) is 4. The first-order chi connectivity index (χ1) is 16.5. The van der Waals surface area contributed by atoms with Crippen molar-refractivity contribution >= 4 is 57.6 Å². The predicted molar refractivity (Wildman–Crippen MR) is 124 cm³/mol. The summed E-state index contributed by atoms with van der Waals surface area (Å²) in [5, 5.41) is 11.6. The minimum absolute atomic E-state index is 0.0162. The molecule has 14 heteroatoms. The van der Waals surface area contributed by atoms with Gasteiger partial charge in [0.15, 0.2) is 11.5 Å². The van der Waals surface area contributed by atoms with Crippen LogP contribution in [0.5, 0.6) is 0 Å². The molecule has 0 saturated carbocycles. The van der Waals surface area contributed by atoms with Crippen molar-refractivity contribution in [2.75, 3.05) is 5.32 Å². The quantitative estimate of drug-likeness (QED) is 0.269. The van der Waals surface area contributed by atoms with Crippen LogP contribution in [-0.2, 0) is 17.9 Å². The Morgan fingerprint density at radius 2 is 1.74 bits per heavy atom. The van der Waals surface area contributed by atoms with E-state index in [0.717, 1.165) is 4.68 Å². The number of halogens is 7. The molecule has 184 valence electrons. The van der Waals surface area contributed by atoms with Crippen molar-refractivity contribution in [1.29, 1.82) is 0 Å². The Kier molecular flexibility index (Phi) is 7.20. The molecule has 7 nitrogen and oxygen atoms in total. The van der Waals surface area contributed by atoms with Crippen LogP contribution in [0.3, 0.4) is 0 Å². The SMILES string of the molecule is Cc1nn(CC(=O)Nc2nn(Cc3c(Cl)cccc3Cl)cc2Cl)c2nc(C(F)F)cc(C(F)F)c12. The summed E-state index contributed by atoms with van der Waals surface area (Å²) in [6, 6.07) is 5.67. The van der Waals surface area contributed by atoms with E-state index in [1.54, 1.807) is 18.2 Å². The van der Waals surface area contributed by atoms with Crippen molar-refractivity contribution in [1.82, 2.24) is 24.5 Å². The van der Waals surface area contributed by atoms with Crippen LogP contribution in [0.25, 0.3) is 11.0 Å². The Morgan fingerprint density at radius 1 is 1.06 bits per heavy atom. The summed E-state index contributed by atoms with van der Waals surface area (Å²) in [6.45, 7) is 1.09. The van der Waals surface area contributed by atoms with E-state index < -0.39 is 36.6 Å². The van der Waals surface area contributed by atoms with Crippen molar-refractivity contribution in [2.45, 2.75) is 32.9 Å². The maximum atomic E-state index is 13.5.